The van der Waals surface area contributed by atoms with Crippen LogP contribution in [0.2, 0.25) is 5.02 Å². The van der Waals surface area contributed by atoms with Gasteiger partial charge in [-0.1, -0.05) is 25.4 Å². The van der Waals surface area contributed by atoms with E-state index in [0.717, 1.165) is 10.9 Å². The van der Waals surface area contributed by atoms with Crippen LogP contribution in [0.5, 0.6) is 5.75 Å². The zero-order valence-electron chi connectivity index (χ0n) is 14.8. The maximum atomic E-state index is 12.2. The number of aryl methyl sites for hydroxylation is 1. The molecule has 1 heterocycles. The molecular formula is C21H19ClO4. The van der Waals surface area contributed by atoms with E-state index in [1.54, 1.807) is 36.4 Å². The normalized spacial score (nSPS) is 11.1. The summed E-state index contributed by atoms with van der Waals surface area (Å²) < 4.78 is 11.0. The van der Waals surface area contributed by atoms with Crippen molar-refractivity contribution in [2.45, 2.75) is 26.7 Å². The SMILES string of the molecule is Cc1c(C(C)C)c(=O)oc2cc(OCC(=O)c3ccc(Cl)cc3)ccc12. The van der Waals surface area contributed by atoms with Crippen molar-refractivity contribution in [2.75, 3.05) is 6.61 Å². The van der Waals surface area contributed by atoms with Gasteiger partial charge in [0.2, 0.25) is 0 Å². The minimum absolute atomic E-state index is 0.0866. The highest BCUT2D eigenvalue weighted by atomic mass is 35.5. The third kappa shape index (κ3) is 3.65. The number of benzene rings is 2. The number of carbonyl (C=O) groups excluding carboxylic acids is 1. The first-order chi connectivity index (χ1) is 12.4. The molecular weight excluding hydrogens is 352 g/mol. The molecule has 0 aliphatic heterocycles. The Bertz CT molecular complexity index is 1020. The molecule has 5 heteroatoms. The van der Waals surface area contributed by atoms with Crippen molar-refractivity contribution in [3.63, 3.8) is 0 Å². The van der Waals surface area contributed by atoms with E-state index in [0.29, 0.717) is 27.5 Å². The summed E-state index contributed by atoms with van der Waals surface area (Å²) in [6, 6.07) is 11.9. The van der Waals surface area contributed by atoms with Crippen molar-refractivity contribution in [1.82, 2.24) is 0 Å². The number of ether oxygens (including phenoxy) is 1. The summed E-state index contributed by atoms with van der Waals surface area (Å²) in [4.78, 5) is 24.4. The summed E-state index contributed by atoms with van der Waals surface area (Å²) in [5, 5.41) is 1.44. The molecule has 4 nitrogen and oxygen atoms in total. The summed E-state index contributed by atoms with van der Waals surface area (Å²) >= 11 is 5.82. The molecule has 0 aliphatic carbocycles. The van der Waals surface area contributed by atoms with Gasteiger partial charge in [0.1, 0.15) is 11.3 Å². The highest BCUT2D eigenvalue weighted by molar-refractivity contribution is 6.30. The molecule has 134 valence electrons. The van der Waals surface area contributed by atoms with Crippen molar-refractivity contribution in [2.24, 2.45) is 0 Å². The largest absolute Gasteiger partial charge is 0.485 e. The molecule has 0 amide bonds. The average Bonchev–Trinajstić information content (AvgIpc) is 2.59. The van der Waals surface area contributed by atoms with Gasteiger partial charge in [-0.05, 0) is 54.8 Å². The molecule has 0 unspecified atom stereocenters. The second kappa shape index (κ2) is 7.34. The molecule has 0 bridgehead atoms. The van der Waals surface area contributed by atoms with Crippen molar-refractivity contribution in [3.05, 3.63) is 74.6 Å². The van der Waals surface area contributed by atoms with E-state index in [9.17, 15) is 9.59 Å². The molecule has 26 heavy (non-hydrogen) atoms. The molecule has 3 rings (SSSR count). The lowest BCUT2D eigenvalue weighted by Crippen LogP contribution is -2.13. The molecule has 0 spiro atoms. The molecule has 0 N–H and O–H groups in total. The number of fused-ring (bicyclic) bond motifs is 1. The molecule has 0 saturated heterocycles. The van der Waals surface area contributed by atoms with Crippen LogP contribution in [-0.4, -0.2) is 12.4 Å². The Labute approximate surface area is 156 Å². The number of hydrogen-bond acceptors (Lipinski definition) is 4. The summed E-state index contributed by atoms with van der Waals surface area (Å²) in [6.07, 6.45) is 0. The van der Waals surface area contributed by atoms with Gasteiger partial charge >= 0.3 is 5.63 Å². The Kier molecular flexibility index (Phi) is 5.14. The summed E-state index contributed by atoms with van der Waals surface area (Å²) in [5.41, 5.74) is 2.24. The van der Waals surface area contributed by atoms with Crippen molar-refractivity contribution < 1.29 is 13.9 Å². The van der Waals surface area contributed by atoms with Gasteiger partial charge in [0, 0.05) is 27.6 Å². The fraction of sp³-hybridized carbons (Fsp3) is 0.238. The van der Waals surface area contributed by atoms with E-state index < -0.39 is 0 Å². The Hall–Kier alpha value is -2.59. The van der Waals surface area contributed by atoms with Crippen molar-refractivity contribution in [1.29, 1.82) is 0 Å². The second-order valence-corrected chi connectivity index (χ2v) is 6.90. The minimum Gasteiger partial charge on any atom is -0.485 e. The van der Waals surface area contributed by atoms with Crippen LogP contribution in [0.25, 0.3) is 11.0 Å². The van der Waals surface area contributed by atoms with Crippen LogP contribution in [0.4, 0.5) is 0 Å². The maximum Gasteiger partial charge on any atom is 0.339 e. The van der Waals surface area contributed by atoms with E-state index >= 15 is 0 Å². The standard InChI is InChI=1S/C21H19ClO4/c1-12(2)20-13(3)17-9-8-16(10-19(17)26-21(20)24)25-11-18(23)14-4-6-15(22)7-5-14/h4-10,12H,11H2,1-3H3. The van der Waals surface area contributed by atoms with Crippen molar-refractivity contribution in [3.8, 4) is 5.75 Å². The van der Waals surface area contributed by atoms with Gasteiger partial charge in [0.25, 0.3) is 0 Å². The molecule has 0 fully saturated rings. The number of halogens is 1. The predicted molar refractivity (Wildman–Crippen MR) is 103 cm³/mol. The van der Waals surface area contributed by atoms with Crippen LogP contribution in [-0.2, 0) is 0 Å². The first kappa shape index (κ1) is 18.2. The van der Waals surface area contributed by atoms with Gasteiger partial charge in [-0.3, -0.25) is 4.79 Å². The topological polar surface area (TPSA) is 56.5 Å². The first-order valence-corrected chi connectivity index (χ1v) is 8.73. The summed E-state index contributed by atoms with van der Waals surface area (Å²) in [7, 11) is 0. The van der Waals surface area contributed by atoms with E-state index in [-0.39, 0.29) is 23.9 Å². The highest BCUT2D eigenvalue weighted by Gasteiger charge is 2.15. The van der Waals surface area contributed by atoms with Crippen LogP contribution >= 0.6 is 11.6 Å². The molecule has 0 aliphatic rings. The van der Waals surface area contributed by atoms with Gasteiger partial charge in [0.15, 0.2) is 12.4 Å². The monoisotopic (exact) mass is 370 g/mol. The number of rotatable bonds is 5. The van der Waals surface area contributed by atoms with Crippen LogP contribution in [0, 0.1) is 6.92 Å². The number of carbonyl (C=O) groups is 1. The Morgan fingerprint density at radius 2 is 1.85 bits per heavy atom. The zero-order valence-corrected chi connectivity index (χ0v) is 15.6. The van der Waals surface area contributed by atoms with E-state index in [4.69, 9.17) is 20.8 Å². The lowest BCUT2D eigenvalue weighted by molar-refractivity contribution is 0.0921. The maximum absolute atomic E-state index is 12.2. The third-order valence-corrected chi connectivity index (χ3v) is 4.55. The minimum atomic E-state index is -0.334. The number of ketones is 1. The number of Topliss-reactive ketones (excluding diaryl/α,β-unsaturated/α-hetero) is 1. The predicted octanol–water partition coefficient (Wildman–Crippen LogP) is 5.14. The third-order valence-electron chi connectivity index (χ3n) is 4.30. The van der Waals surface area contributed by atoms with Crippen LogP contribution in [0.15, 0.2) is 51.7 Å². The van der Waals surface area contributed by atoms with Gasteiger partial charge in [-0.25, -0.2) is 4.79 Å². The van der Waals surface area contributed by atoms with Gasteiger partial charge < -0.3 is 9.15 Å². The van der Waals surface area contributed by atoms with Crippen LogP contribution in [0.1, 0.15) is 41.3 Å². The molecule has 3 aromatic rings. The Morgan fingerprint density at radius 3 is 2.50 bits per heavy atom. The van der Waals surface area contributed by atoms with E-state index in [2.05, 4.69) is 0 Å². The fourth-order valence-electron chi connectivity index (χ4n) is 2.98. The lowest BCUT2D eigenvalue weighted by atomic mass is 9.97. The van der Waals surface area contributed by atoms with Gasteiger partial charge in [0.05, 0.1) is 0 Å². The fourth-order valence-corrected chi connectivity index (χ4v) is 3.10. The Balaban J connectivity index is 1.83. The molecule has 0 radical (unpaired) electrons. The molecule has 0 saturated carbocycles. The highest BCUT2D eigenvalue weighted by Crippen LogP contribution is 2.27. The van der Waals surface area contributed by atoms with E-state index in [1.165, 1.54) is 0 Å². The zero-order chi connectivity index (χ0) is 18.8. The van der Waals surface area contributed by atoms with Crippen LogP contribution < -0.4 is 10.4 Å². The first-order valence-electron chi connectivity index (χ1n) is 8.35. The van der Waals surface area contributed by atoms with Gasteiger partial charge in [-0.15, -0.1) is 0 Å². The van der Waals surface area contributed by atoms with Crippen molar-refractivity contribution >= 4 is 28.4 Å². The second-order valence-electron chi connectivity index (χ2n) is 6.46. The number of hydrogen-bond donors (Lipinski definition) is 0. The quantitative estimate of drug-likeness (QED) is 0.461. The van der Waals surface area contributed by atoms with Gasteiger partial charge in [-0.2, -0.15) is 0 Å². The summed E-state index contributed by atoms with van der Waals surface area (Å²) in [5.74, 6) is 0.401. The smallest absolute Gasteiger partial charge is 0.339 e. The van der Waals surface area contributed by atoms with Crippen LogP contribution in [0.3, 0.4) is 0 Å². The molecule has 1 aromatic heterocycles. The average molecular weight is 371 g/mol. The van der Waals surface area contributed by atoms with E-state index in [1.807, 2.05) is 26.8 Å². The molecule has 2 aromatic carbocycles. The molecule has 0 atom stereocenters. The summed E-state index contributed by atoms with van der Waals surface area (Å²) in [6.45, 7) is 5.73. The Morgan fingerprint density at radius 1 is 1.15 bits per heavy atom. The lowest BCUT2D eigenvalue weighted by Gasteiger charge is -2.11.